The van der Waals surface area contributed by atoms with E-state index in [1.807, 2.05) is 30.6 Å². The molecule has 2 spiro atoms. The lowest BCUT2D eigenvalue weighted by molar-refractivity contribution is 0.0337. The molecule has 12 rings (SSSR count). The third-order valence-corrected chi connectivity index (χ3v) is 14.0. The fourth-order valence-electron chi connectivity index (χ4n) is 10.5. The summed E-state index contributed by atoms with van der Waals surface area (Å²) < 4.78 is 20.4. The van der Waals surface area contributed by atoms with Crippen molar-refractivity contribution < 1.29 is 18.7 Å². The van der Waals surface area contributed by atoms with Gasteiger partial charge < -0.3 is 25.3 Å². The molecule has 4 N–H and O–H groups in total. The van der Waals surface area contributed by atoms with Crippen molar-refractivity contribution in [1.82, 2.24) is 35.5 Å². The number of rotatable bonds is 3. The molecule has 7 heterocycles. The number of ether oxygens (including phenoxy) is 1. The van der Waals surface area contributed by atoms with Crippen molar-refractivity contribution >= 4 is 23.4 Å². The number of amides is 2. The fraction of sp³-hybridized carbons (Fsp3) is 0.422. The van der Waals surface area contributed by atoms with E-state index >= 15 is 4.39 Å². The SMILES string of the molecule is O=C1NC2(CCC2)Cc2[nH]c3c(c21)CCc1cnc(-c2ccc(CN4CCOCC4)c(F)c2)cc1-3.O=C1NC2(CCC2)Cc2[nH]c3c(c21)CCc1cnc(Cl)cc1-3. The third-order valence-electron chi connectivity index (χ3n) is 13.8. The van der Waals surface area contributed by atoms with Gasteiger partial charge in [-0.05, 0) is 105 Å². The Bertz CT molecular complexity index is 2490. The molecule has 1 aromatic carbocycles. The first kappa shape index (κ1) is 35.3. The van der Waals surface area contributed by atoms with Crippen LogP contribution in [0.2, 0.25) is 5.15 Å². The number of nitrogens with zero attached hydrogens (tertiary/aromatic N) is 3. The van der Waals surface area contributed by atoms with E-state index in [0.29, 0.717) is 30.5 Å². The number of aromatic amines is 2. The predicted molar refractivity (Wildman–Crippen MR) is 215 cm³/mol. The zero-order chi connectivity index (χ0) is 38.5. The van der Waals surface area contributed by atoms with Gasteiger partial charge in [-0.2, -0.15) is 0 Å². The second kappa shape index (κ2) is 13.4. The maximum absolute atomic E-state index is 15.0. The Morgan fingerprint density at radius 1 is 0.754 bits per heavy atom. The van der Waals surface area contributed by atoms with Gasteiger partial charge in [-0.15, -0.1) is 0 Å². The van der Waals surface area contributed by atoms with Crippen LogP contribution in [0, 0.1) is 5.82 Å². The van der Waals surface area contributed by atoms with Crippen LogP contribution in [-0.4, -0.2) is 74.0 Å². The van der Waals surface area contributed by atoms with Crippen LogP contribution in [0.5, 0.6) is 0 Å². The number of halogens is 2. The van der Waals surface area contributed by atoms with Gasteiger partial charge in [-0.3, -0.25) is 19.5 Å². The van der Waals surface area contributed by atoms with Crippen LogP contribution in [0.15, 0.2) is 42.7 Å². The average molecular weight is 786 g/mol. The maximum Gasteiger partial charge on any atom is 0.253 e. The smallest absolute Gasteiger partial charge is 0.253 e. The summed E-state index contributed by atoms with van der Waals surface area (Å²) in [5, 5.41) is 7.06. The molecule has 12 heteroatoms. The first-order valence-corrected chi connectivity index (χ1v) is 21.0. The second-order valence-electron chi connectivity index (χ2n) is 17.3. The van der Waals surface area contributed by atoms with E-state index in [2.05, 4.69) is 41.5 Å². The highest BCUT2D eigenvalue weighted by molar-refractivity contribution is 6.29. The highest BCUT2D eigenvalue weighted by Gasteiger charge is 2.46. The summed E-state index contributed by atoms with van der Waals surface area (Å²) in [6.07, 6.45) is 15.7. The number of H-pyrrole nitrogens is 2. The summed E-state index contributed by atoms with van der Waals surface area (Å²) in [5.74, 6) is -0.0341. The van der Waals surface area contributed by atoms with Crippen molar-refractivity contribution in [1.29, 1.82) is 0 Å². The summed E-state index contributed by atoms with van der Waals surface area (Å²) in [7, 11) is 0. The van der Waals surface area contributed by atoms with Gasteiger partial charge in [0.1, 0.15) is 11.0 Å². The van der Waals surface area contributed by atoms with Crippen LogP contribution in [-0.2, 0) is 49.8 Å². The molecule has 3 fully saturated rings. The topological polar surface area (TPSA) is 128 Å². The molecule has 0 radical (unpaired) electrons. The van der Waals surface area contributed by atoms with Crippen LogP contribution < -0.4 is 10.6 Å². The maximum atomic E-state index is 15.0. The molecule has 0 bridgehead atoms. The Balaban J connectivity index is 0.000000146. The number of pyridine rings is 2. The number of nitrogens with one attached hydrogen (secondary N) is 4. The normalized spacial score (nSPS) is 20.6. The molecular formula is C45H45ClFN7O3. The lowest BCUT2D eigenvalue weighted by Crippen LogP contribution is -2.58. The summed E-state index contributed by atoms with van der Waals surface area (Å²) >= 11 is 6.07. The molecule has 5 aromatic rings. The molecule has 0 atom stereocenters. The quantitative estimate of drug-likeness (QED) is 0.145. The molecule has 4 aromatic heterocycles. The number of aromatic nitrogens is 4. The lowest BCUT2D eigenvalue weighted by Gasteiger charge is -2.45. The Morgan fingerprint density at radius 3 is 1.89 bits per heavy atom. The van der Waals surface area contributed by atoms with E-state index < -0.39 is 0 Å². The van der Waals surface area contributed by atoms with E-state index in [0.717, 1.165) is 145 Å². The number of morpholine rings is 1. The van der Waals surface area contributed by atoms with E-state index in [1.165, 1.54) is 24.0 Å². The standard InChI is InChI=1S/C28H29FN4O2.C17H16ClN3O/c29-22-12-17(2-3-19(22)16-33-8-10-35-11-9-33)23-13-21-18(15-30-23)4-5-20-25-24(31-26(20)21)14-28(6-1-7-28)32-27(25)34;18-13-6-11-9(8-19-13)2-3-10-14-12(20-15(10)11)7-17(4-1-5-17)21-16(14)22/h2-3,12-13,15,31H,1,4-11,14,16H2,(H,32,34);6,8,20H,1-5,7H2,(H,21,22). The number of carbonyl (C=O) groups is 2. The molecular weight excluding hydrogens is 741 g/mol. The van der Waals surface area contributed by atoms with Gasteiger partial charge >= 0.3 is 0 Å². The van der Waals surface area contributed by atoms with Crippen molar-refractivity contribution in [3.8, 4) is 33.8 Å². The van der Waals surface area contributed by atoms with Gasteiger partial charge in [0.2, 0.25) is 0 Å². The van der Waals surface area contributed by atoms with Crippen LogP contribution >= 0.6 is 11.6 Å². The Kier molecular flexibility index (Phi) is 8.28. The number of fused-ring (bicyclic) bond motifs is 10. The Labute approximate surface area is 335 Å². The van der Waals surface area contributed by atoms with Crippen molar-refractivity contribution in [2.45, 2.75) is 94.7 Å². The molecule has 292 valence electrons. The van der Waals surface area contributed by atoms with Crippen LogP contribution in [0.25, 0.3) is 33.8 Å². The third kappa shape index (κ3) is 5.95. The summed E-state index contributed by atoms with van der Waals surface area (Å²) in [4.78, 5) is 43.9. The number of aryl methyl sites for hydroxylation is 2. The zero-order valence-corrected chi connectivity index (χ0v) is 32.6. The van der Waals surface area contributed by atoms with Gasteiger partial charge in [-0.25, -0.2) is 9.37 Å². The highest BCUT2D eigenvalue weighted by atomic mass is 35.5. The minimum atomic E-state index is -0.202. The summed E-state index contributed by atoms with van der Waals surface area (Å²) in [6, 6.07) is 9.41. The van der Waals surface area contributed by atoms with Crippen LogP contribution in [0.4, 0.5) is 4.39 Å². The molecule has 57 heavy (non-hydrogen) atoms. The second-order valence-corrected chi connectivity index (χ2v) is 17.7. The molecule has 0 unspecified atom stereocenters. The van der Waals surface area contributed by atoms with E-state index in [1.54, 1.807) is 6.07 Å². The van der Waals surface area contributed by atoms with Crippen molar-refractivity contribution in [3.63, 3.8) is 0 Å². The van der Waals surface area contributed by atoms with Gasteiger partial charge in [0, 0.05) is 89.6 Å². The van der Waals surface area contributed by atoms with Crippen molar-refractivity contribution in [3.05, 3.63) is 104 Å². The van der Waals surface area contributed by atoms with Gasteiger partial charge in [0.05, 0.1) is 41.4 Å². The van der Waals surface area contributed by atoms with Crippen LogP contribution in [0.3, 0.4) is 0 Å². The van der Waals surface area contributed by atoms with Crippen molar-refractivity contribution in [2.24, 2.45) is 0 Å². The van der Waals surface area contributed by atoms with E-state index in [9.17, 15) is 9.59 Å². The molecule has 2 saturated carbocycles. The predicted octanol–water partition coefficient (Wildman–Crippen LogP) is 7.06. The molecule has 1 saturated heterocycles. The van der Waals surface area contributed by atoms with Crippen LogP contribution in [0.1, 0.15) is 98.4 Å². The monoisotopic (exact) mass is 785 g/mol. The first-order valence-electron chi connectivity index (χ1n) is 20.6. The largest absolute Gasteiger partial charge is 0.379 e. The van der Waals surface area contributed by atoms with E-state index in [-0.39, 0.29) is 28.7 Å². The highest BCUT2D eigenvalue weighted by Crippen LogP contribution is 2.45. The summed E-state index contributed by atoms with van der Waals surface area (Å²) in [5.41, 5.74) is 15.0. The average Bonchev–Trinajstić information content (AvgIpc) is 3.77. The van der Waals surface area contributed by atoms with Crippen molar-refractivity contribution in [2.75, 3.05) is 26.3 Å². The minimum Gasteiger partial charge on any atom is -0.379 e. The number of carbonyl (C=O) groups excluding carboxylic acids is 2. The molecule has 7 aliphatic rings. The van der Waals surface area contributed by atoms with E-state index in [4.69, 9.17) is 16.3 Å². The number of benzene rings is 1. The first-order chi connectivity index (χ1) is 27.7. The fourth-order valence-corrected chi connectivity index (χ4v) is 10.6. The Morgan fingerprint density at radius 2 is 1.33 bits per heavy atom. The summed E-state index contributed by atoms with van der Waals surface area (Å²) in [6.45, 7) is 3.65. The molecule has 4 aliphatic carbocycles. The number of hydrogen-bond acceptors (Lipinski definition) is 6. The lowest BCUT2D eigenvalue weighted by atomic mass is 9.71. The van der Waals surface area contributed by atoms with Gasteiger partial charge in [0.15, 0.2) is 0 Å². The Hall–Kier alpha value is -4.84. The number of hydrogen-bond donors (Lipinski definition) is 4. The molecule has 10 nitrogen and oxygen atoms in total. The molecule has 2 amide bonds. The van der Waals surface area contributed by atoms with Gasteiger partial charge in [-0.1, -0.05) is 23.7 Å². The zero-order valence-electron chi connectivity index (χ0n) is 31.9. The van der Waals surface area contributed by atoms with Gasteiger partial charge in [0.25, 0.3) is 11.8 Å². The molecule has 3 aliphatic heterocycles. The minimum absolute atomic E-state index is 0.0102.